The number of carbonyl (C=O) groups is 1. The Morgan fingerprint density at radius 2 is 2.09 bits per heavy atom. The number of halogens is 2. The summed E-state index contributed by atoms with van der Waals surface area (Å²) in [7, 11) is 0. The average molecular weight is 318 g/mol. The molecule has 2 aromatic rings. The summed E-state index contributed by atoms with van der Waals surface area (Å²) >= 11 is 0. The van der Waals surface area contributed by atoms with Gasteiger partial charge in [0.1, 0.15) is 5.82 Å². The molecular weight excluding hydrogens is 302 g/mol. The summed E-state index contributed by atoms with van der Waals surface area (Å²) < 4.78 is 26.6. The fraction of sp³-hybridized carbons (Fsp3) is 0.250. The summed E-state index contributed by atoms with van der Waals surface area (Å²) in [5.74, 6) is -1.21. The molecule has 7 heteroatoms. The highest BCUT2D eigenvalue weighted by atomic mass is 19.2. The van der Waals surface area contributed by atoms with E-state index in [4.69, 9.17) is 0 Å². The van der Waals surface area contributed by atoms with Gasteiger partial charge in [-0.3, -0.25) is 0 Å². The number of benzene rings is 1. The lowest BCUT2D eigenvalue weighted by Gasteiger charge is -2.18. The van der Waals surface area contributed by atoms with Crippen molar-refractivity contribution in [3.05, 3.63) is 54.2 Å². The van der Waals surface area contributed by atoms with Crippen molar-refractivity contribution >= 4 is 17.5 Å². The maximum Gasteiger partial charge on any atom is 0.319 e. The lowest BCUT2D eigenvalue weighted by molar-refractivity contribution is 0.249. The first-order valence-electron chi connectivity index (χ1n) is 7.31. The zero-order valence-corrected chi connectivity index (χ0v) is 12.3. The molecule has 1 aromatic heterocycles. The highest BCUT2D eigenvalue weighted by Gasteiger charge is 2.25. The number of nitrogens with zero attached hydrogens (tertiary/aromatic N) is 2. The Balaban J connectivity index is 1.56. The van der Waals surface area contributed by atoms with Gasteiger partial charge >= 0.3 is 6.03 Å². The smallest absolute Gasteiger partial charge is 0.319 e. The standard InChI is InChI=1S/C16H16F2N4O/c17-12-4-3-5-13(15(12)18)21-16(23)20-11-7-9-22(10-11)14-6-1-2-8-19-14/h1-6,8,11H,7,9-10H2,(H2,20,21,23). The molecule has 0 bridgehead atoms. The second-order valence-corrected chi connectivity index (χ2v) is 5.32. The van der Waals surface area contributed by atoms with E-state index >= 15 is 0 Å². The van der Waals surface area contributed by atoms with Crippen molar-refractivity contribution in [2.45, 2.75) is 12.5 Å². The predicted molar refractivity (Wildman–Crippen MR) is 83.4 cm³/mol. The summed E-state index contributed by atoms with van der Waals surface area (Å²) in [6.07, 6.45) is 2.48. The molecule has 0 aliphatic carbocycles. The molecule has 1 aliphatic heterocycles. The SMILES string of the molecule is O=C(Nc1cccc(F)c1F)NC1CCN(c2ccccn2)C1. The molecular formula is C16H16F2N4O. The number of nitrogens with one attached hydrogen (secondary N) is 2. The van der Waals surface area contributed by atoms with Crippen LogP contribution in [0, 0.1) is 11.6 Å². The normalized spacial score (nSPS) is 17.1. The molecule has 3 rings (SSSR count). The van der Waals surface area contributed by atoms with Gasteiger partial charge in [-0.25, -0.2) is 18.6 Å². The Morgan fingerprint density at radius 1 is 1.22 bits per heavy atom. The summed E-state index contributed by atoms with van der Waals surface area (Å²) in [5.41, 5.74) is -0.179. The van der Waals surface area contributed by atoms with Crippen molar-refractivity contribution in [2.24, 2.45) is 0 Å². The quantitative estimate of drug-likeness (QED) is 0.915. The molecule has 1 unspecified atom stereocenters. The molecule has 23 heavy (non-hydrogen) atoms. The van der Waals surface area contributed by atoms with Crippen molar-refractivity contribution < 1.29 is 13.6 Å². The van der Waals surface area contributed by atoms with Crippen LogP contribution in [0.3, 0.4) is 0 Å². The van der Waals surface area contributed by atoms with Gasteiger partial charge < -0.3 is 15.5 Å². The van der Waals surface area contributed by atoms with Crippen LogP contribution >= 0.6 is 0 Å². The first kappa shape index (κ1) is 15.2. The molecule has 5 nitrogen and oxygen atoms in total. The molecule has 1 atom stereocenters. The number of anilines is 2. The topological polar surface area (TPSA) is 57.3 Å². The first-order chi connectivity index (χ1) is 11.1. The minimum absolute atomic E-state index is 0.0753. The number of urea groups is 1. The molecule has 1 aliphatic rings. The van der Waals surface area contributed by atoms with Crippen LogP contribution in [0.15, 0.2) is 42.6 Å². The lowest BCUT2D eigenvalue weighted by Crippen LogP contribution is -2.40. The van der Waals surface area contributed by atoms with Crippen LogP contribution in [0.4, 0.5) is 25.1 Å². The lowest BCUT2D eigenvalue weighted by atomic mass is 10.2. The maximum atomic E-state index is 13.5. The Bertz CT molecular complexity index is 696. The number of aromatic nitrogens is 1. The van der Waals surface area contributed by atoms with Crippen LogP contribution in [0.5, 0.6) is 0 Å². The third-order valence-corrected chi connectivity index (χ3v) is 3.70. The van der Waals surface area contributed by atoms with Crippen LogP contribution in [0.25, 0.3) is 0 Å². The molecule has 0 radical (unpaired) electrons. The molecule has 1 saturated heterocycles. The van der Waals surface area contributed by atoms with E-state index in [2.05, 4.69) is 20.5 Å². The number of amides is 2. The minimum atomic E-state index is -1.07. The van der Waals surface area contributed by atoms with Crippen LogP contribution < -0.4 is 15.5 Å². The fourth-order valence-electron chi connectivity index (χ4n) is 2.57. The van der Waals surface area contributed by atoms with E-state index in [0.717, 1.165) is 24.8 Å². The Labute approximate surface area is 132 Å². The van der Waals surface area contributed by atoms with Gasteiger partial charge in [0.05, 0.1) is 5.69 Å². The van der Waals surface area contributed by atoms with Crippen LogP contribution in [-0.4, -0.2) is 30.1 Å². The Morgan fingerprint density at radius 3 is 2.87 bits per heavy atom. The van der Waals surface area contributed by atoms with Gasteiger partial charge in [0.15, 0.2) is 11.6 Å². The van der Waals surface area contributed by atoms with Crippen molar-refractivity contribution in [3.8, 4) is 0 Å². The zero-order valence-electron chi connectivity index (χ0n) is 12.3. The van der Waals surface area contributed by atoms with Crippen LogP contribution in [0.1, 0.15) is 6.42 Å². The molecule has 1 aromatic carbocycles. The molecule has 0 saturated carbocycles. The van der Waals surface area contributed by atoms with Crippen LogP contribution in [-0.2, 0) is 0 Å². The van der Waals surface area contributed by atoms with Crippen LogP contribution in [0.2, 0.25) is 0 Å². The first-order valence-corrected chi connectivity index (χ1v) is 7.31. The average Bonchev–Trinajstić information content (AvgIpc) is 3.01. The van der Waals surface area contributed by atoms with Crippen molar-refractivity contribution in [3.63, 3.8) is 0 Å². The van der Waals surface area contributed by atoms with Gasteiger partial charge in [-0.2, -0.15) is 0 Å². The highest BCUT2D eigenvalue weighted by Crippen LogP contribution is 2.18. The molecule has 2 N–H and O–H groups in total. The number of hydrogen-bond acceptors (Lipinski definition) is 3. The van der Waals surface area contributed by atoms with Gasteiger partial charge in [0.25, 0.3) is 0 Å². The summed E-state index contributed by atoms with van der Waals surface area (Å²) in [5, 5.41) is 5.10. The molecule has 1 fully saturated rings. The zero-order chi connectivity index (χ0) is 16.2. The van der Waals surface area contributed by atoms with Gasteiger partial charge in [-0.05, 0) is 30.7 Å². The Hall–Kier alpha value is -2.70. The second-order valence-electron chi connectivity index (χ2n) is 5.32. The molecule has 120 valence electrons. The maximum absolute atomic E-state index is 13.5. The van der Waals surface area contributed by atoms with E-state index in [1.165, 1.54) is 12.1 Å². The van der Waals surface area contributed by atoms with E-state index < -0.39 is 17.7 Å². The fourth-order valence-corrected chi connectivity index (χ4v) is 2.57. The van der Waals surface area contributed by atoms with E-state index in [1.807, 2.05) is 18.2 Å². The van der Waals surface area contributed by atoms with E-state index in [9.17, 15) is 13.6 Å². The number of pyridine rings is 1. The third kappa shape index (κ3) is 3.56. The van der Waals surface area contributed by atoms with Crippen molar-refractivity contribution in [1.82, 2.24) is 10.3 Å². The molecule has 2 amide bonds. The Kier molecular flexibility index (Phi) is 4.36. The number of carbonyl (C=O) groups excluding carboxylic acids is 1. The van der Waals surface area contributed by atoms with Gasteiger partial charge in [0.2, 0.25) is 0 Å². The predicted octanol–water partition coefficient (Wildman–Crippen LogP) is 2.76. The summed E-state index contributed by atoms with van der Waals surface area (Å²) in [4.78, 5) is 18.3. The minimum Gasteiger partial charge on any atom is -0.354 e. The number of hydrogen-bond donors (Lipinski definition) is 2. The van der Waals surface area contributed by atoms with E-state index in [1.54, 1.807) is 6.20 Å². The van der Waals surface area contributed by atoms with Crippen molar-refractivity contribution in [1.29, 1.82) is 0 Å². The van der Waals surface area contributed by atoms with E-state index in [0.29, 0.717) is 6.54 Å². The molecule has 0 spiro atoms. The third-order valence-electron chi connectivity index (χ3n) is 3.70. The number of rotatable bonds is 3. The van der Waals surface area contributed by atoms with Gasteiger partial charge in [-0.1, -0.05) is 12.1 Å². The van der Waals surface area contributed by atoms with E-state index in [-0.39, 0.29) is 11.7 Å². The highest BCUT2D eigenvalue weighted by molar-refractivity contribution is 5.89. The van der Waals surface area contributed by atoms with Gasteiger partial charge in [0, 0.05) is 25.3 Å². The summed E-state index contributed by atoms with van der Waals surface area (Å²) in [6.45, 7) is 1.40. The van der Waals surface area contributed by atoms with Crippen molar-refractivity contribution in [2.75, 3.05) is 23.3 Å². The molecule has 2 heterocycles. The largest absolute Gasteiger partial charge is 0.354 e. The van der Waals surface area contributed by atoms with Gasteiger partial charge in [-0.15, -0.1) is 0 Å². The monoisotopic (exact) mass is 318 g/mol. The summed E-state index contributed by atoms with van der Waals surface area (Å²) in [6, 6.07) is 8.68. The second kappa shape index (κ2) is 6.60.